The van der Waals surface area contributed by atoms with Gasteiger partial charge in [0, 0.05) is 87.5 Å². The lowest BCUT2D eigenvalue weighted by molar-refractivity contribution is -0.135. The number of primary amides is 1. The molecule has 4 aliphatic heterocycles. The van der Waals surface area contributed by atoms with Crippen LogP contribution < -0.4 is 96.7 Å². The highest BCUT2D eigenvalue weighted by atomic mass is 32.2. The van der Waals surface area contributed by atoms with Crippen molar-refractivity contribution >= 4 is 105 Å². The van der Waals surface area contributed by atoms with E-state index >= 15 is 14.4 Å². The summed E-state index contributed by atoms with van der Waals surface area (Å²) in [6.45, 7) is 38.6. The number of benzene rings is 5. The number of rotatable bonds is 39. The number of ether oxygens (including phenoxy) is 4. The largest absolute Gasteiger partial charge is 0.487 e. The highest BCUT2D eigenvalue weighted by Crippen LogP contribution is 2.48. The van der Waals surface area contributed by atoms with Crippen LogP contribution in [0.5, 0.6) is 23.0 Å². The molecule has 7 amide bonds. The summed E-state index contributed by atoms with van der Waals surface area (Å²) in [5.74, 6) is -7.63. The normalized spacial score (nSPS) is 16.1. The molecule has 0 aromatic heterocycles. The standard InChI is InChI=1S/C92H135N19O19S4/c1-46(2)70(79(93)113)107-83(117)68(36-30-40-101-88(97)111-134(125,126)78-54(10)50(6)74-64(58(78)14)45-92(22,23)130-74)105-81(115)66(34-28-38-99-86(95)109-132(121,122)76-52(8)48(4)72-62(56(76)12)43-90(18,19)128-72)103-80(114)65(33-27-37-98-85(94)108-131(119,120)75-51(7)47(3)71-61(55(75)11)42-89(16,17)127-71)104-82(116)67(106-84(118)69(102-59(15)112)41-60-31-25-24-26-32-60)35-29-39-100-87(96)110-133(123,124)77-53(9)49(5)73-63(57(77)13)44-91(20,21)129-73/h24-26,31-32,46,65-70H,27-30,33-45H2,1-23H3,(H2,93,113)(H,102,112)(H,103,114)(H,104,116)(H,105,115)(H,106,118)(H,107,117)(H3,94,98,108)(H3,95,99,109)(H3,96,100,110)(H3,97,101,111)/t65-,66-,67-,68-,69-,70-/m0/s1. The molecule has 0 radical (unpaired) electrons. The Hall–Kier alpha value is -11.5. The summed E-state index contributed by atoms with van der Waals surface area (Å²) < 4.78 is 149. The Bertz CT molecular complexity index is 6000. The minimum Gasteiger partial charge on any atom is -0.487 e. The van der Waals surface area contributed by atoms with E-state index in [2.05, 4.69) is 72.1 Å². The van der Waals surface area contributed by atoms with E-state index in [9.17, 15) is 52.8 Å². The van der Waals surface area contributed by atoms with E-state index in [1.807, 2.05) is 55.4 Å². The summed E-state index contributed by atoms with van der Waals surface area (Å²) in [5, 5.41) is 62.5. The van der Waals surface area contributed by atoms with E-state index < -0.39 is 183 Å². The number of amides is 7. The van der Waals surface area contributed by atoms with Gasteiger partial charge in [0.05, 0.1) is 19.6 Å². The fourth-order valence-corrected chi connectivity index (χ4v) is 23.9. The van der Waals surface area contributed by atoms with Gasteiger partial charge in [-0.25, -0.2) is 52.6 Å². The lowest BCUT2D eigenvalue weighted by Crippen LogP contribution is -2.60. The lowest BCUT2D eigenvalue weighted by atomic mass is 9.94. The molecule has 42 heteroatoms. The first-order valence-corrected chi connectivity index (χ1v) is 50.7. The van der Waals surface area contributed by atoms with Crippen LogP contribution in [0.3, 0.4) is 0 Å². The maximum atomic E-state index is 15.7. The van der Waals surface area contributed by atoms with Crippen LogP contribution in [0.4, 0.5) is 0 Å². The van der Waals surface area contributed by atoms with Crippen LogP contribution in [0.15, 0.2) is 49.9 Å². The van der Waals surface area contributed by atoms with Crippen molar-refractivity contribution in [2.45, 2.75) is 321 Å². The number of guanidine groups is 4. The van der Waals surface area contributed by atoms with Crippen LogP contribution in [0.2, 0.25) is 0 Å². The lowest BCUT2D eigenvalue weighted by Gasteiger charge is -2.28. The monoisotopic (exact) mass is 1940 g/mol. The molecule has 0 saturated carbocycles. The molecule has 38 nitrogen and oxygen atoms in total. The van der Waals surface area contributed by atoms with Gasteiger partial charge in [-0.3, -0.25) is 55.2 Å². The molecular weight excluding hydrogens is 1800 g/mol. The Kier molecular flexibility index (Phi) is 33.1. The second-order valence-corrected chi connectivity index (χ2v) is 44.7. The predicted octanol–water partition coefficient (Wildman–Crippen LogP) is 5.99. The summed E-state index contributed by atoms with van der Waals surface area (Å²) >= 11 is 0. The topological polar surface area (TPSA) is 583 Å². The SMILES string of the molecule is CC(=O)N[C@@H](Cc1ccccc1)C(=O)N[C@@H](CCCNC(=N)NS(=O)(=O)c1c(C)c(C)c2c(c1C)CC(C)(C)O2)C(=O)N[C@@H](CCCNC(=N)NS(=O)(=O)c1c(C)c(C)c2c(c1C)CC(C)(C)O2)C(=O)N[C@@H](CCCNC(=N)NS(=O)(=O)c1c(C)c(C)c2c(c1C)CC(C)(C)O2)C(=O)N[C@@H](CCCNC(=N)NS(=O)(=O)c1c(C)c(C)c2c(c1C)CC(C)(C)O2)C(=O)N[C@H](C(N)=O)C(C)C. The van der Waals surface area contributed by atoms with E-state index in [1.54, 1.807) is 127 Å². The molecule has 736 valence electrons. The Morgan fingerprint density at radius 2 is 0.582 bits per heavy atom. The molecule has 4 heterocycles. The van der Waals surface area contributed by atoms with Gasteiger partial charge in [-0.05, 0) is 268 Å². The van der Waals surface area contributed by atoms with Gasteiger partial charge < -0.3 is 77.8 Å². The molecule has 0 saturated heterocycles. The Morgan fingerprint density at radius 3 is 0.806 bits per heavy atom. The van der Waals surface area contributed by atoms with Crippen molar-refractivity contribution in [2.75, 3.05) is 26.2 Å². The number of carbonyl (C=O) groups excluding carboxylic acids is 7. The van der Waals surface area contributed by atoms with Gasteiger partial charge in [0.1, 0.15) is 81.7 Å². The highest BCUT2D eigenvalue weighted by molar-refractivity contribution is 7.91. The van der Waals surface area contributed by atoms with Gasteiger partial charge >= 0.3 is 0 Å². The fourth-order valence-electron chi connectivity index (χ4n) is 17.8. The predicted molar refractivity (Wildman–Crippen MR) is 509 cm³/mol. The van der Waals surface area contributed by atoms with E-state index in [0.29, 0.717) is 143 Å². The van der Waals surface area contributed by atoms with Gasteiger partial charge in [0.25, 0.3) is 40.1 Å². The van der Waals surface area contributed by atoms with Crippen LogP contribution in [-0.4, -0.2) is 184 Å². The van der Waals surface area contributed by atoms with Crippen molar-refractivity contribution in [3.8, 4) is 23.0 Å². The van der Waals surface area contributed by atoms with Crippen molar-refractivity contribution in [1.29, 1.82) is 21.6 Å². The van der Waals surface area contributed by atoms with Crippen molar-refractivity contribution in [3.05, 3.63) is 125 Å². The zero-order valence-corrected chi connectivity index (χ0v) is 84.2. The number of nitrogens with one attached hydrogen (secondary N) is 18. The van der Waals surface area contributed by atoms with Gasteiger partial charge in [-0.15, -0.1) is 0 Å². The molecule has 6 atom stereocenters. The van der Waals surface area contributed by atoms with Crippen LogP contribution in [-0.2, 0) is 106 Å². The maximum Gasteiger partial charge on any atom is 0.264 e. The average molecular weight is 1940 g/mol. The molecule has 5 aromatic carbocycles. The molecule has 0 unspecified atom stereocenters. The Balaban J connectivity index is 1.04. The van der Waals surface area contributed by atoms with Gasteiger partial charge in [0.15, 0.2) is 0 Å². The van der Waals surface area contributed by atoms with Crippen molar-refractivity contribution < 1.29 is 86.2 Å². The molecule has 20 N–H and O–H groups in total. The number of hydrogen-bond donors (Lipinski definition) is 19. The third-order valence-corrected chi connectivity index (χ3v) is 31.3. The summed E-state index contributed by atoms with van der Waals surface area (Å²) in [6.07, 6.45) is -0.512. The molecule has 0 aliphatic carbocycles. The van der Waals surface area contributed by atoms with Crippen molar-refractivity contribution in [1.82, 2.24) is 72.1 Å². The first-order valence-electron chi connectivity index (χ1n) is 44.8. The molecule has 134 heavy (non-hydrogen) atoms. The minimum atomic E-state index is -4.50. The summed E-state index contributed by atoms with van der Waals surface area (Å²) in [4.78, 5) is 102. The van der Waals surface area contributed by atoms with Gasteiger partial charge in [-0.1, -0.05) is 44.2 Å². The third kappa shape index (κ3) is 25.3. The first kappa shape index (κ1) is 106. The van der Waals surface area contributed by atoms with Crippen molar-refractivity contribution in [2.24, 2.45) is 11.7 Å². The molecule has 5 aromatic rings. The molecule has 0 spiro atoms. The van der Waals surface area contributed by atoms with E-state index in [4.69, 9.17) is 46.3 Å². The van der Waals surface area contributed by atoms with Crippen LogP contribution in [0.1, 0.15) is 222 Å². The van der Waals surface area contributed by atoms with Crippen LogP contribution >= 0.6 is 0 Å². The van der Waals surface area contributed by atoms with Crippen molar-refractivity contribution in [3.63, 3.8) is 0 Å². The quantitative estimate of drug-likeness (QED) is 0.0122. The second kappa shape index (κ2) is 41.8. The summed E-state index contributed by atoms with van der Waals surface area (Å²) in [5.41, 5.74) is 12.4. The molecule has 0 fully saturated rings. The van der Waals surface area contributed by atoms with Crippen LogP contribution in [0, 0.1) is 111 Å². The zero-order chi connectivity index (χ0) is 100. The minimum absolute atomic E-state index is 0.0425. The van der Waals surface area contributed by atoms with Gasteiger partial charge in [-0.2, -0.15) is 0 Å². The zero-order valence-electron chi connectivity index (χ0n) is 80.9. The van der Waals surface area contributed by atoms with Crippen LogP contribution in [0.25, 0.3) is 0 Å². The third-order valence-electron chi connectivity index (χ3n) is 24.9. The van der Waals surface area contributed by atoms with E-state index in [-0.39, 0.29) is 90.7 Å². The maximum absolute atomic E-state index is 15.7. The Labute approximate surface area is 787 Å². The number of sulfonamides is 4. The summed E-state index contributed by atoms with van der Waals surface area (Å²) in [6, 6.07) is -0.860. The highest BCUT2D eigenvalue weighted by Gasteiger charge is 2.44. The second-order valence-electron chi connectivity index (χ2n) is 38.2. The summed E-state index contributed by atoms with van der Waals surface area (Å²) in [7, 11) is -17.9. The number of fused-ring (bicyclic) bond motifs is 4. The number of nitrogens with two attached hydrogens (primary N) is 1. The smallest absolute Gasteiger partial charge is 0.264 e. The Morgan fingerprint density at radius 1 is 0.351 bits per heavy atom. The molecule has 4 aliphatic rings. The average Bonchev–Trinajstić information content (AvgIpc) is 1.59. The molecule has 9 rings (SSSR count). The first-order chi connectivity index (χ1) is 62.0. The van der Waals surface area contributed by atoms with E-state index in [0.717, 1.165) is 0 Å². The van der Waals surface area contributed by atoms with E-state index in [1.165, 1.54) is 6.92 Å². The molecule has 0 bridgehead atoms. The number of carbonyl (C=O) groups is 7. The van der Waals surface area contributed by atoms with Gasteiger partial charge in [0.2, 0.25) is 65.2 Å². The fraction of sp³-hybridized carbons (Fsp3) is 0.554. The molecular formula is C92H135N19O19S4. The number of hydrogen-bond acceptors (Lipinski definition) is 23.